The van der Waals surface area contributed by atoms with E-state index in [0.29, 0.717) is 0 Å². The molecule has 2 aromatic rings. The zero-order chi connectivity index (χ0) is 12.4. The number of anilines is 1. The number of aryl methyl sites for hydroxylation is 2. The monoisotopic (exact) mass is 378 g/mol. The first-order valence-electron chi connectivity index (χ1n) is 5.18. The van der Waals surface area contributed by atoms with Crippen molar-refractivity contribution >= 4 is 51.2 Å². The first kappa shape index (κ1) is 13.1. The summed E-state index contributed by atoms with van der Waals surface area (Å²) in [5.74, 6) is 0. The van der Waals surface area contributed by atoms with Crippen LogP contribution in [0.4, 0.5) is 5.69 Å². The van der Waals surface area contributed by atoms with E-state index in [1.165, 1.54) is 8.45 Å². The fourth-order valence-electron chi connectivity index (χ4n) is 1.42. The third-order valence-electron chi connectivity index (χ3n) is 2.43. The van der Waals surface area contributed by atoms with Gasteiger partial charge >= 0.3 is 0 Å². The van der Waals surface area contributed by atoms with Crippen LogP contribution in [0.25, 0.3) is 0 Å². The Labute approximate surface area is 124 Å². The Morgan fingerprint density at radius 3 is 2.82 bits per heavy atom. The van der Waals surface area contributed by atoms with E-state index >= 15 is 0 Å². The number of nitrogens with zero attached hydrogens (tertiary/aromatic N) is 1. The van der Waals surface area contributed by atoms with Crippen molar-refractivity contribution in [3.05, 3.63) is 42.4 Å². The summed E-state index contributed by atoms with van der Waals surface area (Å²) in [7, 11) is 0. The van der Waals surface area contributed by atoms with Gasteiger partial charge in [0.1, 0.15) is 5.01 Å². The molecular weight excluding hydrogens is 367 g/mol. The molecular formula is C12H12ClIN2S. The molecule has 17 heavy (non-hydrogen) atoms. The normalized spacial score (nSPS) is 10.6. The zero-order valence-electron chi connectivity index (χ0n) is 9.55. The Balaban J connectivity index is 2.09. The number of rotatable bonds is 3. The van der Waals surface area contributed by atoms with Gasteiger partial charge in [-0.15, -0.1) is 11.3 Å². The average molecular weight is 379 g/mol. The number of nitrogens with one attached hydrogen (secondary N) is 1. The third kappa shape index (κ3) is 3.33. The van der Waals surface area contributed by atoms with Crippen molar-refractivity contribution in [2.45, 2.75) is 20.4 Å². The van der Waals surface area contributed by atoms with Crippen LogP contribution in [0, 0.1) is 17.4 Å². The van der Waals surface area contributed by atoms with E-state index in [9.17, 15) is 0 Å². The molecule has 0 fully saturated rings. The summed E-state index contributed by atoms with van der Waals surface area (Å²) in [4.78, 5) is 5.76. The van der Waals surface area contributed by atoms with Crippen molar-refractivity contribution in [3.63, 3.8) is 0 Å². The van der Waals surface area contributed by atoms with Crippen molar-refractivity contribution in [1.82, 2.24) is 4.98 Å². The Hall–Kier alpha value is -0.330. The van der Waals surface area contributed by atoms with Gasteiger partial charge in [0.05, 0.1) is 22.9 Å². The maximum Gasteiger partial charge on any atom is 0.112 e. The largest absolute Gasteiger partial charge is 0.377 e. The molecule has 0 radical (unpaired) electrons. The maximum absolute atomic E-state index is 6.12. The molecule has 2 rings (SSSR count). The quantitative estimate of drug-likeness (QED) is 0.788. The molecule has 0 saturated heterocycles. The molecule has 0 saturated carbocycles. The van der Waals surface area contributed by atoms with Crippen molar-refractivity contribution in [1.29, 1.82) is 0 Å². The molecule has 5 heteroatoms. The highest BCUT2D eigenvalue weighted by atomic mass is 127. The fourth-order valence-corrected chi connectivity index (χ4v) is 2.97. The summed E-state index contributed by atoms with van der Waals surface area (Å²) in [5, 5.41) is 5.16. The van der Waals surface area contributed by atoms with Crippen LogP contribution in [0.3, 0.4) is 0 Å². The van der Waals surface area contributed by atoms with Gasteiger partial charge in [0.25, 0.3) is 0 Å². The summed E-state index contributed by atoms with van der Waals surface area (Å²) < 4.78 is 1.17. The molecule has 0 atom stereocenters. The molecule has 0 aliphatic heterocycles. The van der Waals surface area contributed by atoms with Gasteiger partial charge in [-0.25, -0.2) is 4.98 Å². The number of halogens is 2. The number of hydrogen-bond acceptors (Lipinski definition) is 3. The highest BCUT2D eigenvalue weighted by Crippen LogP contribution is 2.25. The van der Waals surface area contributed by atoms with E-state index in [1.807, 2.05) is 25.1 Å². The Morgan fingerprint density at radius 1 is 1.41 bits per heavy atom. The number of thiazole rings is 1. The van der Waals surface area contributed by atoms with Crippen molar-refractivity contribution in [2.24, 2.45) is 0 Å². The lowest BCUT2D eigenvalue weighted by Crippen LogP contribution is -1.99. The second kappa shape index (κ2) is 5.54. The molecule has 0 bridgehead atoms. The van der Waals surface area contributed by atoms with E-state index < -0.39 is 0 Å². The second-order valence-corrected chi connectivity index (χ2v) is 6.67. The zero-order valence-corrected chi connectivity index (χ0v) is 13.3. The smallest absolute Gasteiger partial charge is 0.112 e. The molecule has 0 spiro atoms. The maximum atomic E-state index is 6.12. The molecule has 1 aromatic carbocycles. The highest BCUT2D eigenvalue weighted by molar-refractivity contribution is 14.1. The summed E-state index contributed by atoms with van der Waals surface area (Å²) in [6, 6.07) is 5.94. The molecule has 2 nitrogen and oxygen atoms in total. The predicted molar refractivity (Wildman–Crippen MR) is 83.1 cm³/mol. The second-order valence-electron chi connectivity index (χ2n) is 3.73. The van der Waals surface area contributed by atoms with Crippen LogP contribution in [0.15, 0.2) is 18.2 Å². The molecule has 0 unspecified atom stereocenters. The van der Waals surface area contributed by atoms with E-state index in [1.54, 1.807) is 11.3 Å². The van der Waals surface area contributed by atoms with Gasteiger partial charge in [0.2, 0.25) is 0 Å². The number of hydrogen-bond donors (Lipinski definition) is 1. The number of aromatic nitrogens is 1. The molecule has 1 N–H and O–H groups in total. The molecule has 0 aliphatic rings. The summed E-state index contributed by atoms with van der Waals surface area (Å²) in [5.41, 5.74) is 2.07. The van der Waals surface area contributed by atoms with Gasteiger partial charge in [0.15, 0.2) is 0 Å². The van der Waals surface area contributed by atoms with Gasteiger partial charge in [-0.1, -0.05) is 11.6 Å². The van der Waals surface area contributed by atoms with E-state index in [-0.39, 0.29) is 0 Å². The minimum Gasteiger partial charge on any atom is -0.377 e. The molecule has 1 heterocycles. The molecule has 90 valence electrons. The minimum atomic E-state index is 0.721. The summed E-state index contributed by atoms with van der Waals surface area (Å²) in [6.07, 6.45) is 0. The summed E-state index contributed by atoms with van der Waals surface area (Å²) in [6.45, 7) is 4.85. The number of benzene rings is 1. The predicted octanol–water partition coefficient (Wildman–Crippen LogP) is 4.63. The van der Waals surface area contributed by atoms with Crippen LogP contribution in [0.1, 0.15) is 15.6 Å². The van der Waals surface area contributed by atoms with Gasteiger partial charge in [-0.3, -0.25) is 0 Å². The lowest BCUT2D eigenvalue weighted by atomic mass is 10.3. The minimum absolute atomic E-state index is 0.721. The molecule has 1 aromatic heterocycles. The Kier molecular flexibility index (Phi) is 4.27. The van der Waals surface area contributed by atoms with Crippen LogP contribution in [-0.2, 0) is 6.54 Å². The van der Waals surface area contributed by atoms with Gasteiger partial charge < -0.3 is 5.32 Å². The highest BCUT2D eigenvalue weighted by Gasteiger charge is 2.05. The van der Waals surface area contributed by atoms with Crippen LogP contribution in [0.5, 0.6) is 0 Å². The first-order valence-corrected chi connectivity index (χ1v) is 7.45. The lowest BCUT2D eigenvalue weighted by Gasteiger charge is -2.06. The Bertz CT molecular complexity index is 520. The van der Waals surface area contributed by atoms with Crippen molar-refractivity contribution < 1.29 is 0 Å². The molecule has 0 aliphatic carbocycles. The van der Waals surface area contributed by atoms with E-state index in [2.05, 4.69) is 39.8 Å². The van der Waals surface area contributed by atoms with Gasteiger partial charge in [-0.2, -0.15) is 0 Å². The standard InChI is InChI=1S/C12H12ClIN2S/c1-7-8(2)17-12(16-7)6-15-11-5-9(14)3-4-10(11)13/h3-5,15H,6H2,1-2H3. The fraction of sp³-hybridized carbons (Fsp3) is 0.250. The van der Waals surface area contributed by atoms with E-state index in [4.69, 9.17) is 11.6 Å². The van der Waals surface area contributed by atoms with Gasteiger partial charge in [-0.05, 0) is 54.6 Å². The lowest BCUT2D eigenvalue weighted by molar-refractivity contribution is 1.07. The van der Waals surface area contributed by atoms with E-state index in [0.717, 1.165) is 28.0 Å². The average Bonchev–Trinajstić information content (AvgIpc) is 2.60. The molecule has 0 amide bonds. The van der Waals surface area contributed by atoms with Crippen LogP contribution >= 0.6 is 45.5 Å². The SMILES string of the molecule is Cc1nc(CNc2cc(I)ccc2Cl)sc1C. The topological polar surface area (TPSA) is 24.9 Å². The van der Waals surface area contributed by atoms with Crippen molar-refractivity contribution in [3.8, 4) is 0 Å². The Morgan fingerprint density at radius 2 is 2.18 bits per heavy atom. The van der Waals surface area contributed by atoms with Crippen LogP contribution < -0.4 is 5.32 Å². The van der Waals surface area contributed by atoms with Crippen LogP contribution in [-0.4, -0.2) is 4.98 Å². The summed E-state index contributed by atoms with van der Waals surface area (Å²) >= 11 is 10.1. The van der Waals surface area contributed by atoms with Gasteiger partial charge in [0, 0.05) is 8.45 Å². The van der Waals surface area contributed by atoms with Crippen molar-refractivity contribution in [2.75, 3.05) is 5.32 Å². The first-order chi connectivity index (χ1) is 8.06. The van der Waals surface area contributed by atoms with Crippen LogP contribution in [0.2, 0.25) is 5.02 Å². The third-order valence-corrected chi connectivity index (χ3v) is 4.50.